The summed E-state index contributed by atoms with van der Waals surface area (Å²) in [6.45, 7) is 3.97. The van der Waals surface area contributed by atoms with Crippen LogP contribution in [0.3, 0.4) is 0 Å². The van der Waals surface area contributed by atoms with Crippen molar-refractivity contribution in [3.63, 3.8) is 0 Å². The van der Waals surface area contributed by atoms with Gasteiger partial charge in [0.05, 0.1) is 37.2 Å². The van der Waals surface area contributed by atoms with E-state index in [9.17, 15) is 15.0 Å². The molecule has 43 heavy (non-hydrogen) atoms. The van der Waals surface area contributed by atoms with Crippen LogP contribution in [0.5, 0.6) is 0 Å². The Morgan fingerprint density at radius 3 is 2.65 bits per heavy atom. The number of likely N-dealkylation sites (N-methyl/N-ethyl adjacent to an activating group) is 1. The number of hydrogen-bond acceptors (Lipinski definition) is 10. The minimum Gasteiger partial charge on any atom is -0.388 e. The molecule has 2 aromatic heterocycles. The zero-order chi connectivity index (χ0) is 30.1. The fourth-order valence-corrected chi connectivity index (χ4v) is 6.71. The molecule has 7 atom stereocenters. The van der Waals surface area contributed by atoms with Crippen molar-refractivity contribution in [3.8, 4) is 0 Å². The van der Waals surface area contributed by atoms with E-state index >= 15 is 0 Å². The van der Waals surface area contributed by atoms with E-state index in [2.05, 4.69) is 46.7 Å². The second-order valence-corrected chi connectivity index (χ2v) is 12.4. The van der Waals surface area contributed by atoms with Crippen LogP contribution in [0, 0.1) is 0 Å². The van der Waals surface area contributed by atoms with Crippen LogP contribution >= 0.6 is 0 Å². The lowest BCUT2D eigenvalue weighted by atomic mass is 10.2. The molecule has 1 amide bonds. The Labute approximate surface area is 252 Å². The molecule has 2 unspecified atom stereocenters. The molecule has 3 aromatic rings. The van der Waals surface area contributed by atoms with Gasteiger partial charge in [0.2, 0.25) is 11.9 Å². The molecular formula is C31H44N8O4. The number of rotatable bonds is 10. The Balaban J connectivity index is 1.30. The van der Waals surface area contributed by atoms with Gasteiger partial charge in [0, 0.05) is 25.6 Å². The number of aliphatic hydroxyl groups is 2. The van der Waals surface area contributed by atoms with Gasteiger partial charge in [0.1, 0.15) is 12.2 Å². The van der Waals surface area contributed by atoms with E-state index in [0.717, 1.165) is 44.3 Å². The van der Waals surface area contributed by atoms with Crippen molar-refractivity contribution in [3.05, 3.63) is 42.2 Å². The van der Waals surface area contributed by atoms with E-state index in [1.54, 1.807) is 13.3 Å². The highest BCUT2D eigenvalue weighted by Crippen LogP contribution is 2.36. The van der Waals surface area contributed by atoms with Gasteiger partial charge >= 0.3 is 0 Å². The molecular weight excluding hydrogens is 548 g/mol. The van der Waals surface area contributed by atoms with Gasteiger partial charge in [-0.3, -0.25) is 4.79 Å². The van der Waals surface area contributed by atoms with Gasteiger partial charge in [-0.1, -0.05) is 37.3 Å². The molecule has 6 rings (SSSR count). The summed E-state index contributed by atoms with van der Waals surface area (Å²) < 4.78 is 8.22. The van der Waals surface area contributed by atoms with E-state index < -0.39 is 24.3 Å². The van der Waals surface area contributed by atoms with Crippen molar-refractivity contribution in [1.82, 2.24) is 29.7 Å². The highest BCUT2D eigenvalue weighted by molar-refractivity contribution is 5.85. The minimum atomic E-state index is -1.09. The highest BCUT2D eigenvalue weighted by atomic mass is 16.5. The Morgan fingerprint density at radius 2 is 1.91 bits per heavy atom. The summed E-state index contributed by atoms with van der Waals surface area (Å²) in [4.78, 5) is 31.3. The Morgan fingerprint density at radius 1 is 1.09 bits per heavy atom. The molecule has 232 valence electrons. The lowest BCUT2D eigenvalue weighted by molar-refractivity contribution is -0.122. The molecule has 1 aromatic carbocycles. The largest absolute Gasteiger partial charge is 0.388 e. The van der Waals surface area contributed by atoms with Crippen LogP contribution in [0.2, 0.25) is 0 Å². The van der Waals surface area contributed by atoms with Gasteiger partial charge in [-0.15, -0.1) is 0 Å². The number of amides is 1. The maximum atomic E-state index is 12.1. The van der Waals surface area contributed by atoms with E-state index in [0.29, 0.717) is 48.4 Å². The van der Waals surface area contributed by atoms with Gasteiger partial charge in [0.15, 0.2) is 17.0 Å². The van der Waals surface area contributed by atoms with E-state index in [1.807, 2.05) is 22.8 Å². The van der Waals surface area contributed by atoms with Crippen molar-refractivity contribution in [2.45, 2.75) is 94.5 Å². The van der Waals surface area contributed by atoms with Gasteiger partial charge in [-0.25, -0.2) is 4.98 Å². The SMILES string of the molecule is CCC(=O)N[C@H]1C[C@@H](n2cnc3c(NC4CCCC4OCc4ccccc4)nc(N4CC[C@@H](N(C)C)C4)nc32)[C@H](O)[C@@H]1O. The van der Waals surface area contributed by atoms with Crippen LogP contribution in [0.15, 0.2) is 36.7 Å². The lowest BCUT2D eigenvalue weighted by Gasteiger charge is -2.24. The van der Waals surface area contributed by atoms with Crippen LogP contribution in [-0.2, 0) is 16.1 Å². The summed E-state index contributed by atoms with van der Waals surface area (Å²) in [5.41, 5.74) is 2.36. The number of anilines is 2. The van der Waals surface area contributed by atoms with E-state index in [-0.39, 0.29) is 18.1 Å². The molecule has 1 aliphatic heterocycles. The summed E-state index contributed by atoms with van der Waals surface area (Å²) in [5, 5.41) is 28.4. The zero-order valence-electron chi connectivity index (χ0n) is 25.3. The van der Waals surface area contributed by atoms with E-state index in [1.165, 1.54) is 0 Å². The number of imidazole rings is 1. The average molecular weight is 593 g/mol. The molecule has 0 spiro atoms. The average Bonchev–Trinajstić information content (AvgIpc) is 3.81. The number of ether oxygens (including phenoxy) is 1. The predicted molar refractivity (Wildman–Crippen MR) is 164 cm³/mol. The maximum absolute atomic E-state index is 12.1. The predicted octanol–water partition coefficient (Wildman–Crippen LogP) is 2.08. The summed E-state index contributed by atoms with van der Waals surface area (Å²) in [5.74, 6) is 1.11. The molecule has 0 bridgehead atoms. The number of aliphatic hydroxyl groups excluding tert-OH is 2. The van der Waals surface area contributed by atoms with Crippen LogP contribution in [0.4, 0.5) is 11.8 Å². The highest BCUT2D eigenvalue weighted by Gasteiger charge is 2.44. The number of carbonyl (C=O) groups is 1. The number of carbonyl (C=O) groups excluding carboxylic acids is 1. The maximum Gasteiger partial charge on any atom is 0.229 e. The van der Waals surface area contributed by atoms with Gasteiger partial charge in [-0.05, 0) is 51.8 Å². The molecule has 2 aliphatic carbocycles. The summed E-state index contributed by atoms with van der Waals surface area (Å²) in [7, 11) is 4.19. The Hall–Kier alpha value is -3.32. The van der Waals surface area contributed by atoms with Gasteiger partial charge in [0.25, 0.3) is 0 Å². The second kappa shape index (κ2) is 12.7. The molecule has 12 nitrogen and oxygen atoms in total. The van der Waals surface area contributed by atoms with Gasteiger partial charge in [-0.2, -0.15) is 9.97 Å². The normalized spacial score (nSPS) is 29.2. The first-order valence-electron chi connectivity index (χ1n) is 15.6. The summed E-state index contributed by atoms with van der Waals surface area (Å²) >= 11 is 0. The fourth-order valence-electron chi connectivity index (χ4n) is 6.71. The van der Waals surface area contributed by atoms with Crippen molar-refractivity contribution in [1.29, 1.82) is 0 Å². The van der Waals surface area contributed by atoms with Crippen molar-refractivity contribution in [2.75, 3.05) is 37.4 Å². The monoisotopic (exact) mass is 592 g/mol. The standard InChI is InChI=1S/C31H44N8O4/c1-4-25(40)33-22-15-23(28(42)27(22)41)39-18-32-26-29(35-31(36-30(26)39)38-14-13-20(16-38)37(2)3)34-21-11-8-12-24(21)43-17-19-9-6-5-7-10-19/h5-7,9-10,18,20-24,27-28,41-42H,4,8,11-17H2,1-3H3,(H,33,40)(H,34,35,36)/t20-,21?,22+,23-,24?,27-,28+/m1/s1. The van der Waals surface area contributed by atoms with E-state index in [4.69, 9.17) is 19.7 Å². The molecule has 12 heteroatoms. The molecule has 0 radical (unpaired) electrons. The van der Waals surface area contributed by atoms with Crippen LogP contribution in [-0.4, -0.2) is 104 Å². The van der Waals surface area contributed by atoms with Crippen LogP contribution < -0.4 is 15.5 Å². The Bertz CT molecular complexity index is 1400. The zero-order valence-corrected chi connectivity index (χ0v) is 25.3. The molecule has 1 saturated heterocycles. The molecule has 3 aliphatic rings. The first-order valence-corrected chi connectivity index (χ1v) is 15.6. The molecule has 2 saturated carbocycles. The van der Waals surface area contributed by atoms with Crippen molar-refractivity contribution in [2.24, 2.45) is 0 Å². The summed E-state index contributed by atoms with van der Waals surface area (Å²) in [6, 6.07) is 9.64. The second-order valence-electron chi connectivity index (χ2n) is 12.4. The summed E-state index contributed by atoms with van der Waals surface area (Å²) in [6.07, 6.45) is 4.21. The number of hydrogen-bond donors (Lipinski definition) is 4. The third-order valence-electron chi connectivity index (χ3n) is 9.34. The smallest absolute Gasteiger partial charge is 0.229 e. The minimum absolute atomic E-state index is 0.0374. The van der Waals surface area contributed by atoms with Crippen molar-refractivity contribution < 1.29 is 19.7 Å². The first-order chi connectivity index (χ1) is 20.8. The first kappa shape index (κ1) is 29.7. The molecule has 4 N–H and O–H groups in total. The number of nitrogens with zero attached hydrogens (tertiary/aromatic N) is 6. The number of fused-ring (bicyclic) bond motifs is 1. The fraction of sp³-hybridized carbons (Fsp3) is 0.613. The molecule has 3 heterocycles. The molecule has 3 fully saturated rings. The van der Waals surface area contributed by atoms with Gasteiger partial charge < -0.3 is 40.0 Å². The number of nitrogens with one attached hydrogen (secondary N) is 2. The quantitative estimate of drug-likeness (QED) is 0.277. The third kappa shape index (κ3) is 6.19. The van der Waals surface area contributed by atoms with Crippen LogP contribution in [0.1, 0.15) is 57.1 Å². The lowest BCUT2D eigenvalue weighted by Crippen LogP contribution is -2.42. The van der Waals surface area contributed by atoms with Crippen LogP contribution in [0.25, 0.3) is 11.2 Å². The number of aromatic nitrogens is 4. The van der Waals surface area contributed by atoms with Crippen molar-refractivity contribution >= 4 is 28.8 Å². The Kier molecular flexibility index (Phi) is 8.80. The third-order valence-corrected chi connectivity index (χ3v) is 9.34. The topological polar surface area (TPSA) is 141 Å². The number of benzene rings is 1.